The van der Waals surface area contributed by atoms with Crippen LogP contribution in [0, 0.1) is 0 Å². The summed E-state index contributed by atoms with van der Waals surface area (Å²) in [5, 5.41) is 0.426. The Morgan fingerprint density at radius 1 is 0.786 bits per heavy atom. The molecule has 0 nitrogen and oxygen atoms in total. The van der Waals surface area contributed by atoms with Crippen molar-refractivity contribution in [2.75, 3.05) is 0 Å². The molecule has 0 saturated carbocycles. The van der Waals surface area contributed by atoms with Crippen molar-refractivity contribution in [3.63, 3.8) is 0 Å². The van der Waals surface area contributed by atoms with Crippen LogP contribution in [-0.4, -0.2) is 5.38 Å². The minimum Gasteiger partial charge on any atom is -0.123 e. The van der Waals surface area contributed by atoms with Gasteiger partial charge in [0.2, 0.25) is 0 Å². The first-order chi connectivity index (χ1) is 6.81. The number of unbranched alkanes of at least 4 members (excludes halogenated alkanes) is 7. The summed E-state index contributed by atoms with van der Waals surface area (Å²) < 4.78 is 0. The molecule has 0 spiro atoms. The third-order valence-electron chi connectivity index (χ3n) is 2.81. The fourth-order valence-corrected chi connectivity index (χ4v) is 1.86. The van der Waals surface area contributed by atoms with Crippen molar-refractivity contribution in [3.8, 4) is 0 Å². The van der Waals surface area contributed by atoms with E-state index in [1.165, 1.54) is 57.8 Å². The molecule has 0 aromatic heterocycles. The van der Waals surface area contributed by atoms with Crippen LogP contribution in [0.4, 0.5) is 0 Å². The van der Waals surface area contributed by atoms with Crippen molar-refractivity contribution in [1.29, 1.82) is 0 Å². The van der Waals surface area contributed by atoms with Gasteiger partial charge in [-0.3, -0.25) is 0 Å². The molecular formula is C13H27Cl. The van der Waals surface area contributed by atoms with E-state index >= 15 is 0 Å². The highest BCUT2D eigenvalue weighted by Crippen LogP contribution is 2.14. The van der Waals surface area contributed by atoms with Gasteiger partial charge in [0.1, 0.15) is 0 Å². The minimum atomic E-state index is 0.426. The molecule has 1 heteroatoms. The molecule has 1 unspecified atom stereocenters. The lowest BCUT2D eigenvalue weighted by Gasteiger charge is -2.05. The van der Waals surface area contributed by atoms with Crippen molar-refractivity contribution in [2.24, 2.45) is 0 Å². The van der Waals surface area contributed by atoms with Crippen LogP contribution in [0.2, 0.25) is 0 Å². The van der Waals surface area contributed by atoms with Crippen molar-refractivity contribution in [1.82, 2.24) is 0 Å². The van der Waals surface area contributed by atoms with E-state index in [4.69, 9.17) is 11.6 Å². The fraction of sp³-hybridized carbons (Fsp3) is 1.00. The van der Waals surface area contributed by atoms with Gasteiger partial charge in [0.05, 0.1) is 0 Å². The number of rotatable bonds is 10. The van der Waals surface area contributed by atoms with E-state index in [9.17, 15) is 0 Å². The van der Waals surface area contributed by atoms with Crippen molar-refractivity contribution >= 4 is 11.6 Å². The molecular weight excluding hydrogens is 192 g/mol. The van der Waals surface area contributed by atoms with Gasteiger partial charge in [0.15, 0.2) is 0 Å². The Morgan fingerprint density at radius 3 is 1.79 bits per heavy atom. The molecule has 0 aliphatic heterocycles. The maximum Gasteiger partial charge on any atom is 0.0333 e. The van der Waals surface area contributed by atoms with Gasteiger partial charge in [-0.25, -0.2) is 0 Å². The number of hydrogen-bond acceptors (Lipinski definition) is 0. The van der Waals surface area contributed by atoms with Gasteiger partial charge >= 0.3 is 0 Å². The van der Waals surface area contributed by atoms with Crippen molar-refractivity contribution in [3.05, 3.63) is 0 Å². The number of alkyl halides is 1. The van der Waals surface area contributed by atoms with E-state index in [-0.39, 0.29) is 0 Å². The van der Waals surface area contributed by atoms with E-state index in [1.807, 2.05) is 0 Å². The van der Waals surface area contributed by atoms with E-state index in [0.29, 0.717) is 5.38 Å². The van der Waals surface area contributed by atoms with E-state index in [0.717, 1.165) is 6.42 Å². The fourth-order valence-electron chi connectivity index (χ4n) is 1.70. The SMILES string of the molecule is CCCCCCCCCCC(Cl)CC. The summed E-state index contributed by atoms with van der Waals surface area (Å²) >= 11 is 6.05. The number of halogens is 1. The molecule has 0 aliphatic rings. The van der Waals surface area contributed by atoms with E-state index in [1.54, 1.807) is 0 Å². The average molecular weight is 219 g/mol. The third-order valence-corrected chi connectivity index (χ3v) is 3.34. The zero-order valence-corrected chi connectivity index (χ0v) is 10.8. The third kappa shape index (κ3) is 10.4. The standard InChI is InChI=1S/C13H27Cl/c1-3-5-6-7-8-9-10-11-12-13(14)4-2/h13H,3-12H2,1-2H3. The molecule has 1 atom stereocenters. The summed E-state index contributed by atoms with van der Waals surface area (Å²) in [6.45, 7) is 4.44. The Hall–Kier alpha value is 0.290. The Morgan fingerprint density at radius 2 is 1.29 bits per heavy atom. The highest BCUT2D eigenvalue weighted by Gasteiger charge is 1.99. The summed E-state index contributed by atoms with van der Waals surface area (Å²) in [5.74, 6) is 0. The molecule has 0 aromatic carbocycles. The smallest absolute Gasteiger partial charge is 0.0333 e. The zero-order chi connectivity index (χ0) is 10.6. The minimum absolute atomic E-state index is 0.426. The first kappa shape index (κ1) is 14.3. The molecule has 0 saturated heterocycles. The second-order valence-electron chi connectivity index (χ2n) is 4.27. The highest BCUT2D eigenvalue weighted by molar-refractivity contribution is 6.20. The Kier molecular flexibility index (Phi) is 11.6. The van der Waals surface area contributed by atoms with E-state index < -0.39 is 0 Å². The second-order valence-corrected chi connectivity index (χ2v) is 4.89. The Labute approximate surface area is 95.4 Å². The van der Waals surface area contributed by atoms with Gasteiger partial charge in [-0.15, -0.1) is 11.6 Å². The first-order valence-electron chi connectivity index (χ1n) is 6.45. The number of hydrogen-bond donors (Lipinski definition) is 0. The van der Waals surface area contributed by atoms with Crippen LogP contribution < -0.4 is 0 Å². The van der Waals surface area contributed by atoms with Gasteiger partial charge in [-0.05, 0) is 12.8 Å². The predicted molar refractivity (Wildman–Crippen MR) is 67.2 cm³/mol. The Balaban J connectivity index is 2.92. The normalized spacial score (nSPS) is 13.1. The van der Waals surface area contributed by atoms with Gasteiger partial charge in [-0.2, -0.15) is 0 Å². The van der Waals surface area contributed by atoms with E-state index in [2.05, 4.69) is 13.8 Å². The maximum absolute atomic E-state index is 6.05. The largest absolute Gasteiger partial charge is 0.123 e. The Bertz CT molecular complexity index is 101. The topological polar surface area (TPSA) is 0 Å². The van der Waals surface area contributed by atoms with Crippen LogP contribution in [0.5, 0.6) is 0 Å². The molecule has 0 aromatic rings. The van der Waals surface area contributed by atoms with Crippen molar-refractivity contribution in [2.45, 2.75) is 83.4 Å². The lowest BCUT2D eigenvalue weighted by atomic mass is 10.1. The molecule has 0 rings (SSSR count). The van der Waals surface area contributed by atoms with Crippen LogP contribution in [0.15, 0.2) is 0 Å². The molecule has 0 amide bonds. The molecule has 86 valence electrons. The molecule has 14 heavy (non-hydrogen) atoms. The van der Waals surface area contributed by atoms with Crippen LogP contribution in [0.25, 0.3) is 0 Å². The van der Waals surface area contributed by atoms with Crippen LogP contribution in [0.3, 0.4) is 0 Å². The van der Waals surface area contributed by atoms with Crippen molar-refractivity contribution < 1.29 is 0 Å². The quantitative estimate of drug-likeness (QED) is 0.334. The summed E-state index contributed by atoms with van der Waals surface area (Å²) in [4.78, 5) is 0. The molecule has 0 fully saturated rings. The lowest BCUT2D eigenvalue weighted by Crippen LogP contribution is -1.94. The molecule has 0 aliphatic carbocycles. The molecule has 0 radical (unpaired) electrons. The summed E-state index contributed by atoms with van der Waals surface area (Å²) in [5.41, 5.74) is 0. The monoisotopic (exact) mass is 218 g/mol. The summed E-state index contributed by atoms with van der Waals surface area (Å²) in [7, 11) is 0. The molecule has 0 N–H and O–H groups in total. The van der Waals surface area contributed by atoms with Gasteiger partial charge in [0.25, 0.3) is 0 Å². The zero-order valence-electron chi connectivity index (χ0n) is 10.0. The van der Waals surface area contributed by atoms with Gasteiger partial charge in [0, 0.05) is 5.38 Å². The lowest BCUT2D eigenvalue weighted by molar-refractivity contribution is 0.556. The van der Waals surface area contributed by atoms with Crippen LogP contribution in [0.1, 0.15) is 78.1 Å². The highest BCUT2D eigenvalue weighted by atomic mass is 35.5. The molecule has 0 bridgehead atoms. The summed E-state index contributed by atoms with van der Waals surface area (Å²) in [6.07, 6.45) is 13.5. The first-order valence-corrected chi connectivity index (χ1v) is 6.89. The maximum atomic E-state index is 6.05. The van der Waals surface area contributed by atoms with Gasteiger partial charge in [-0.1, -0.05) is 65.2 Å². The van der Waals surface area contributed by atoms with Crippen LogP contribution >= 0.6 is 11.6 Å². The average Bonchev–Trinajstić information content (AvgIpc) is 2.21. The summed E-state index contributed by atoms with van der Waals surface area (Å²) in [6, 6.07) is 0. The predicted octanol–water partition coefficient (Wildman–Crippen LogP) is 5.53. The molecule has 0 heterocycles. The van der Waals surface area contributed by atoms with Crippen LogP contribution in [-0.2, 0) is 0 Å². The second kappa shape index (κ2) is 11.4. The van der Waals surface area contributed by atoms with Gasteiger partial charge < -0.3 is 0 Å².